The van der Waals surface area contributed by atoms with Gasteiger partial charge >= 0.3 is 0 Å². The van der Waals surface area contributed by atoms with Gasteiger partial charge in [0.05, 0.1) is 26.7 Å². The third-order valence-corrected chi connectivity index (χ3v) is 6.32. The van der Waals surface area contributed by atoms with E-state index in [0.29, 0.717) is 5.69 Å². The first-order valence-electron chi connectivity index (χ1n) is 8.09. The average Bonchev–Trinajstić information content (AvgIpc) is 2.64. The molecule has 0 radical (unpaired) electrons. The molecule has 0 saturated heterocycles. The number of anilines is 1. The van der Waals surface area contributed by atoms with Crippen LogP contribution in [0.15, 0.2) is 53.6 Å². The van der Waals surface area contributed by atoms with Crippen LogP contribution in [-0.4, -0.2) is 37.7 Å². The molecule has 3 rings (SSSR count). The van der Waals surface area contributed by atoms with Gasteiger partial charge < -0.3 is 5.32 Å². The molecule has 0 aliphatic heterocycles. The first-order chi connectivity index (χ1) is 12.7. The minimum Gasteiger partial charge on any atom is -0.321 e. The third kappa shape index (κ3) is 3.66. The van der Waals surface area contributed by atoms with Crippen molar-refractivity contribution < 1.29 is 13.2 Å². The number of carbonyl (C=O) groups excluding carboxylic acids is 1. The first-order valence-corrected chi connectivity index (χ1v) is 9.91. The van der Waals surface area contributed by atoms with Gasteiger partial charge in [-0.3, -0.25) is 9.78 Å². The molecule has 1 heterocycles. The predicted molar refractivity (Wildman–Crippen MR) is 107 cm³/mol. The Labute approximate surface area is 162 Å². The van der Waals surface area contributed by atoms with Crippen LogP contribution in [-0.2, 0) is 10.0 Å². The summed E-state index contributed by atoms with van der Waals surface area (Å²) < 4.78 is 25.7. The molecule has 140 valence electrons. The molecule has 0 aliphatic carbocycles. The number of hydrogen-bond acceptors (Lipinski definition) is 4. The largest absolute Gasteiger partial charge is 0.321 e. The molecule has 1 aromatic heterocycles. The lowest BCUT2D eigenvalue weighted by Gasteiger charge is -2.14. The molecule has 0 saturated carbocycles. The lowest BCUT2D eigenvalue weighted by Crippen LogP contribution is -2.23. The summed E-state index contributed by atoms with van der Waals surface area (Å²) in [6.07, 6.45) is 1.69. The molecular formula is C19H18ClN3O3S. The number of hydrogen-bond donors (Lipinski definition) is 1. The summed E-state index contributed by atoms with van der Waals surface area (Å²) in [4.78, 5) is 17.1. The van der Waals surface area contributed by atoms with Crippen molar-refractivity contribution in [3.05, 3.63) is 64.8 Å². The lowest BCUT2D eigenvalue weighted by atomic mass is 10.1. The van der Waals surface area contributed by atoms with Gasteiger partial charge in [-0.1, -0.05) is 17.7 Å². The Morgan fingerprint density at radius 1 is 1.15 bits per heavy atom. The fraction of sp³-hybridized carbons (Fsp3) is 0.158. The fourth-order valence-electron chi connectivity index (χ4n) is 2.66. The van der Waals surface area contributed by atoms with E-state index < -0.39 is 15.9 Å². The lowest BCUT2D eigenvalue weighted by molar-refractivity contribution is 0.102. The second-order valence-corrected chi connectivity index (χ2v) is 8.77. The van der Waals surface area contributed by atoms with E-state index >= 15 is 0 Å². The Hall–Kier alpha value is -2.48. The summed E-state index contributed by atoms with van der Waals surface area (Å²) in [5.41, 5.74) is 2.42. The van der Waals surface area contributed by atoms with Crippen molar-refractivity contribution in [1.29, 1.82) is 0 Å². The highest BCUT2D eigenvalue weighted by molar-refractivity contribution is 7.89. The number of sulfonamides is 1. The molecule has 27 heavy (non-hydrogen) atoms. The van der Waals surface area contributed by atoms with Gasteiger partial charge in [0.25, 0.3) is 5.91 Å². The number of nitrogens with one attached hydrogen (secondary N) is 1. The molecule has 2 aromatic carbocycles. The minimum absolute atomic E-state index is 0.00233. The molecule has 0 aliphatic rings. The van der Waals surface area contributed by atoms with Crippen molar-refractivity contribution in [2.75, 3.05) is 19.4 Å². The maximum Gasteiger partial charge on any atom is 0.257 e. The number of carbonyl (C=O) groups is 1. The number of pyridine rings is 1. The van der Waals surface area contributed by atoms with Crippen molar-refractivity contribution in [3.8, 4) is 0 Å². The van der Waals surface area contributed by atoms with E-state index in [2.05, 4.69) is 10.3 Å². The zero-order valence-corrected chi connectivity index (χ0v) is 16.6. The first kappa shape index (κ1) is 19.3. The van der Waals surface area contributed by atoms with Crippen LogP contribution in [0.2, 0.25) is 5.02 Å². The summed E-state index contributed by atoms with van der Waals surface area (Å²) >= 11 is 6.15. The maximum absolute atomic E-state index is 12.8. The van der Waals surface area contributed by atoms with E-state index in [9.17, 15) is 13.2 Å². The highest BCUT2D eigenvalue weighted by atomic mass is 35.5. The summed E-state index contributed by atoms with van der Waals surface area (Å²) in [6, 6.07) is 11.3. The molecule has 0 atom stereocenters. The van der Waals surface area contributed by atoms with Crippen LogP contribution in [0, 0.1) is 6.92 Å². The van der Waals surface area contributed by atoms with Crippen molar-refractivity contribution in [2.24, 2.45) is 0 Å². The number of nitrogens with zero attached hydrogens (tertiary/aromatic N) is 2. The molecule has 3 aromatic rings. The van der Waals surface area contributed by atoms with Crippen LogP contribution in [0.1, 0.15) is 15.9 Å². The Bertz CT molecular complexity index is 1140. The van der Waals surface area contributed by atoms with Crippen LogP contribution < -0.4 is 5.32 Å². The van der Waals surface area contributed by atoms with Gasteiger partial charge in [0.15, 0.2) is 0 Å². The third-order valence-electron chi connectivity index (χ3n) is 4.18. The van der Waals surface area contributed by atoms with Crippen LogP contribution in [0.3, 0.4) is 0 Å². The van der Waals surface area contributed by atoms with E-state index in [0.717, 1.165) is 20.8 Å². The Balaban J connectivity index is 2.02. The van der Waals surface area contributed by atoms with Crippen LogP contribution >= 0.6 is 11.6 Å². The Morgan fingerprint density at radius 3 is 2.59 bits per heavy atom. The number of halogens is 1. The number of rotatable bonds is 4. The number of aromatic nitrogens is 1. The number of aryl methyl sites for hydroxylation is 1. The van der Waals surface area contributed by atoms with E-state index in [1.165, 1.54) is 32.3 Å². The molecule has 1 amide bonds. The van der Waals surface area contributed by atoms with Crippen molar-refractivity contribution in [1.82, 2.24) is 9.29 Å². The van der Waals surface area contributed by atoms with Gasteiger partial charge in [-0.05, 0) is 48.9 Å². The zero-order chi connectivity index (χ0) is 19.8. The maximum atomic E-state index is 12.8. The van der Waals surface area contributed by atoms with E-state index in [1.807, 2.05) is 19.1 Å². The smallest absolute Gasteiger partial charge is 0.257 e. The highest BCUT2D eigenvalue weighted by Gasteiger charge is 2.21. The molecule has 0 fully saturated rings. The SMILES string of the molecule is Cc1ccc(NC(=O)c2cc(S(=O)(=O)N(C)C)ccc2Cl)c2cccnc12. The van der Waals surface area contributed by atoms with Gasteiger partial charge in [0.2, 0.25) is 10.0 Å². The molecule has 6 nitrogen and oxygen atoms in total. The number of fused-ring (bicyclic) bond motifs is 1. The zero-order valence-electron chi connectivity index (χ0n) is 15.0. The molecule has 0 bridgehead atoms. The van der Waals surface area contributed by atoms with Crippen molar-refractivity contribution in [3.63, 3.8) is 0 Å². The van der Waals surface area contributed by atoms with Gasteiger partial charge in [-0.15, -0.1) is 0 Å². The Morgan fingerprint density at radius 2 is 1.89 bits per heavy atom. The average molecular weight is 404 g/mol. The van der Waals surface area contributed by atoms with Crippen molar-refractivity contribution in [2.45, 2.75) is 11.8 Å². The topological polar surface area (TPSA) is 79.4 Å². The van der Waals surface area contributed by atoms with E-state index in [1.54, 1.807) is 18.3 Å². The monoisotopic (exact) mass is 403 g/mol. The summed E-state index contributed by atoms with van der Waals surface area (Å²) in [5.74, 6) is -0.496. The summed E-state index contributed by atoms with van der Waals surface area (Å²) in [5, 5.41) is 3.76. The number of amides is 1. The van der Waals surface area contributed by atoms with Crippen LogP contribution in [0.5, 0.6) is 0 Å². The summed E-state index contributed by atoms with van der Waals surface area (Å²) in [7, 11) is -0.827. The van der Waals surface area contributed by atoms with Gasteiger partial charge in [-0.2, -0.15) is 0 Å². The van der Waals surface area contributed by atoms with E-state index in [-0.39, 0.29) is 15.5 Å². The molecule has 1 N–H and O–H groups in total. The van der Waals surface area contributed by atoms with Gasteiger partial charge in [-0.25, -0.2) is 12.7 Å². The molecule has 0 unspecified atom stereocenters. The standard InChI is InChI=1S/C19H18ClN3O3S/c1-12-6-9-17(14-5-4-10-21-18(12)14)22-19(24)15-11-13(7-8-16(15)20)27(25,26)23(2)3/h4-11H,1-3H3,(H,22,24). The fourth-order valence-corrected chi connectivity index (χ4v) is 3.79. The molecule has 8 heteroatoms. The molecule has 0 spiro atoms. The number of benzene rings is 2. The van der Waals surface area contributed by atoms with E-state index in [4.69, 9.17) is 11.6 Å². The summed E-state index contributed by atoms with van der Waals surface area (Å²) in [6.45, 7) is 1.94. The normalized spacial score (nSPS) is 11.7. The van der Waals surface area contributed by atoms with Gasteiger partial charge in [0.1, 0.15) is 0 Å². The van der Waals surface area contributed by atoms with Crippen molar-refractivity contribution >= 4 is 44.1 Å². The van der Waals surface area contributed by atoms with Gasteiger partial charge in [0, 0.05) is 25.7 Å². The van der Waals surface area contributed by atoms with Crippen LogP contribution in [0.25, 0.3) is 10.9 Å². The predicted octanol–water partition coefficient (Wildman–Crippen LogP) is 3.70. The van der Waals surface area contributed by atoms with Crippen LogP contribution in [0.4, 0.5) is 5.69 Å². The molecular weight excluding hydrogens is 386 g/mol. The second kappa shape index (κ2) is 7.26. The highest BCUT2D eigenvalue weighted by Crippen LogP contribution is 2.27. The quantitative estimate of drug-likeness (QED) is 0.720. The Kier molecular flexibility index (Phi) is 5.19. The minimum atomic E-state index is -3.68. The second-order valence-electron chi connectivity index (χ2n) is 6.21.